The Morgan fingerprint density at radius 2 is 1.22 bits per heavy atom. The van der Waals surface area contributed by atoms with E-state index in [0.29, 0.717) is 35.8 Å². The third kappa shape index (κ3) is 7.26. The largest absolute Gasteiger partial charge is 0.487 e. The molecule has 1 aliphatic rings. The molecular weight excluding hydrogens is 592 g/mol. The summed E-state index contributed by atoms with van der Waals surface area (Å²) < 4.78 is 17.1. The molecule has 3 N–H and O–H groups in total. The van der Waals surface area contributed by atoms with Gasteiger partial charge in [0.1, 0.15) is 30.8 Å². The number of halogens is 1. The maximum Gasteiger partial charge on any atom is 0.248 e. The molecule has 0 amide bonds. The monoisotopic (exact) mass is 622 g/mol. The molecule has 0 bridgehead atoms. The standard InChI is InChI=1S/C18H16ClNO3.C18H15NO3/c19-10-15(21)13-6-8-16(18-14(13)7-9-17(22)20-18)23-11-12-4-2-1-3-5-12;20-17-9-7-14-13(16-11-22-16)6-8-15(18(14)19-17)21-10-12-4-2-1-3-5-12/h1-9,15,21H,10-11H2,(H,20,22);1-9,16H,10-11H2,(H,19,20)/t15-;16-/m11/s1. The van der Waals surface area contributed by atoms with Crippen molar-refractivity contribution in [1.29, 1.82) is 0 Å². The number of hydrogen-bond donors (Lipinski definition) is 3. The minimum atomic E-state index is -0.798. The molecule has 0 spiro atoms. The number of hydrogen-bond acceptors (Lipinski definition) is 6. The van der Waals surface area contributed by atoms with Crippen LogP contribution in [0.3, 0.4) is 0 Å². The van der Waals surface area contributed by atoms with Crippen LogP contribution in [0, 0.1) is 0 Å². The lowest BCUT2D eigenvalue weighted by Crippen LogP contribution is -2.07. The summed E-state index contributed by atoms with van der Waals surface area (Å²) in [6.07, 6.45) is -0.662. The summed E-state index contributed by atoms with van der Waals surface area (Å²) in [7, 11) is 0. The van der Waals surface area contributed by atoms with E-state index in [4.69, 9.17) is 25.8 Å². The number of benzene rings is 4. The van der Waals surface area contributed by atoms with E-state index in [0.717, 1.165) is 39.6 Å². The van der Waals surface area contributed by atoms with Crippen LogP contribution in [0.4, 0.5) is 0 Å². The third-order valence-corrected chi connectivity index (χ3v) is 7.73. The summed E-state index contributed by atoms with van der Waals surface area (Å²) in [5.41, 5.74) is 4.82. The highest BCUT2D eigenvalue weighted by Gasteiger charge is 2.27. The highest BCUT2D eigenvalue weighted by atomic mass is 35.5. The number of aromatic amines is 2. The maximum atomic E-state index is 11.7. The quantitative estimate of drug-likeness (QED) is 0.124. The van der Waals surface area contributed by atoms with Crippen molar-refractivity contribution >= 4 is 33.4 Å². The molecule has 2 aromatic heterocycles. The fraction of sp³-hybridized carbons (Fsp3) is 0.167. The van der Waals surface area contributed by atoms with Gasteiger partial charge in [0.2, 0.25) is 11.1 Å². The van der Waals surface area contributed by atoms with Crippen molar-refractivity contribution in [2.45, 2.75) is 25.4 Å². The second-order valence-corrected chi connectivity index (χ2v) is 10.9. The van der Waals surface area contributed by atoms with Gasteiger partial charge in [0, 0.05) is 22.9 Å². The van der Waals surface area contributed by atoms with E-state index >= 15 is 0 Å². The molecule has 1 aliphatic heterocycles. The summed E-state index contributed by atoms with van der Waals surface area (Å²) in [5, 5.41) is 11.7. The number of ether oxygens (including phenoxy) is 3. The summed E-state index contributed by atoms with van der Waals surface area (Å²) in [5.74, 6) is 1.33. The number of rotatable bonds is 9. The average Bonchev–Trinajstić information content (AvgIpc) is 3.92. The number of pyridine rings is 2. The highest BCUT2D eigenvalue weighted by Crippen LogP contribution is 2.37. The average molecular weight is 623 g/mol. The van der Waals surface area contributed by atoms with Crippen molar-refractivity contribution in [3.63, 3.8) is 0 Å². The van der Waals surface area contributed by atoms with Gasteiger partial charge in [-0.2, -0.15) is 0 Å². The number of aliphatic hydroxyl groups is 1. The zero-order chi connectivity index (χ0) is 31.2. The zero-order valence-corrected chi connectivity index (χ0v) is 25.0. The van der Waals surface area contributed by atoms with Crippen LogP contribution in [0.1, 0.15) is 34.5 Å². The van der Waals surface area contributed by atoms with E-state index in [1.807, 2.05) is 78.9 Å². The van der Waals surface area contributed by atoms with Crippen LogP contribution in [0.5, 0.6) is 11.5 Å². The summed E-state index contributed by atoms with van der Waals surface area (Å²) >= 11 is 5.75. The number of nitrogens with one attached hydrogen (secondary N) is 2. The molecule has 0 radical (unpaired) electrons. The molecule has 7 rings (SSSR count). The van der Waals surface area contributed by atoms with E-state index in [1.54, 1.807) is 18.2 Å². The molecule has 6 aromatic rings. The number of epoxide rings is 1. The Morgan fingerprint density at radius 1 is 0.711 bits per heavy atom. The number of fused-ring (bicyclic) bond motifs is 2. The smallest absolute Gasteiger partial charge is 0.248 e. The molecule has 3 heterocycles. The normalized spacial score (nSPS) is 14.4. The Bertz CT molecular complexity index is 2020. The van der Waals surface area contributed by atoms with Crippen molar-refractivity contribution in [2.24, 2.45) is 0 Å². The number of aromatic nitrogens is 2. The molecular formula is C36H31ClN2O6. The van der Waals surface area contributed by atoms with Crippen molar-refractivity contribution in [3.8, 4) is 11.5 Å². The van der Waals surface area contributed by atoms with Gasteiger partial charge in [0.15, 0.2) is 0 Å². The van der Waals surface area contributed by atoms with Crippen molar-refractivity contribution < 1.29 is 19.3 Å². The van der Waals surface area contributed by atoms with E-state index in [2.05, 4.69) is 9.97 Å². The van der Waals surface area contributed by atoms with Crippen molar-refractivity contribution in [1.82, 2.24) is 9.97 Å². The second-order valence-electron chi connectivity index (χ2n) is 10.6. The predicted molar refractivity (Wildman–Crippen MR) is 175 cm³/mol. The summed E-state index contributed by atoms with van der Waals surface area (Å²) in [4.78, 5) is 29.0. The summed E-state index contributed by atoms with van der Waals surface area (Å²) in [6, 6.07) is 33.6. The van der Waals surface area contributed by atoms with Gasteiger partial charge in [0.25, 0.3) is 0 Å². The summed E-state index contributed by atoms with van der Waals surface area (Å²) in [6.45, 7) is 1.59. The first-order valence-electron chi connectivity index (χ1n) is 14.5. The molecule has 1 saturated heterocycles. The second kappa shape index (κ2) is 13.8. The highest BCUT2D eigenvalue weighted by molar-refractivity contribution is 6.18. The van der Waals surface area contributed by atoms with Gasteiger partial charge in [0.05, 0.1) is 29.6 Å². The van der Waals surface area contributed by atoms with Crippen molar-refractivity contribution in [2.75, 3.05) is 12.5 Å². The Balaban J connectivity index is 0.000000159. The van der Waals surface area contributed by atoms with Crippen LogP contribution in [0.25, 0.3) is 21.8 Å². The lowest BCUT2D eigenvalue weighted by molar-refractivity contribution is 0.204. The van der Waals surface area contributed by atoms with E-state index in [-0.39, 0.29) is 23.1 Å². The van der Waals surface area contributed by atoms with Gasteiger partial charge in [-0.25, -0.2) is 0 Å². The fourth-order valence-corrected chi connectivity index (χ4v) is 5.26. The van der Waals surface area contributed by atoms with E-state index in [1.165, 1.54) is 12.1 Å². The molecule has 0 aliphatic carbocycles. The number of H-pyrrole nitrogens is 2. The molecule has 2 atom stereocenters. The molecule has 45 heavy (non-hydrogen) atoms. The Kier molecular flexibility index (Phi) is 9.26. The van der Waals surface area contributed by atoms with Crippen LogP contribution in [0.2, 0.25) is 0 Å². The lowest BCUT2D eigenvalue weighted by atomic mass is 10.0. The first-order valence-corrected chi connectivity index (χ1v) is 15.0. The zero-order valence-electron chi connectivity index (χ0n) is 24.2. The third-order valence-electron chi connectivity index (χ3n) is 7.44. The molecule has 0 unspecified atom stereocenters. The van der Waals surface area contributed by atoms with Crippen LogP contribution < -0.4 is 20.6 Å². The first kappa shape index (κ1) is 30.1. The van der Waals surface area contributed by atoms with Gasteiger partial charge >= 0.3 is 0 Å². The first-order chi connectivity index (χ1) is 22.0. The number of aliphatic hydroxyl groups excluding tert-OH is 1. The number of alkyl halides is 1. The van der Waals surface area contributed by atoms with Gasteiger partial charge in [-0.1, -0.05) is 72.8 Å². The lowest BCUT2D eigenvalue weighted by Gasteiger charge is -2.14. The SMILES string of the molecule is O=c1ccc2c([C@H](O)CCl)ccc(OCc3ccccc3)c2[nH]1.O=c1ccc2c([C@H]3CO3)ccc(OCc3ccccc3)c2[nH]1. The van der Waals surface area contributed by atoms with Gasteiger partial charge in [-0.05, 0) is 46.5 Å². The molecule has 4 aromatic carbocycles. The van der Waals surface area contributed by atoms with Crippen LogP contribution in [0.15, 0.2) is 119 Å². The van der Waals surface area contributed by atoms with E-state index < -0.39 is 6.10 Å². The van der Waals surface area contributed by atoms with Gasteiger partial charge < -0.3 is 29.3 Å². The Labute approximate surface area is 263 Å². The Morgan fingerprint density at radius 3 is 1.76 bits per heavy atom. The molecule has 9 heteroatoms. The minimum Gasteiger partial charge on any atom is -0.487 e. The molecule has 0 saturated carbocycles. The van der Waals surface area contributed by atoms with Crippen LogP contribution >= 0.6 is 11.6 Å². The minimum absolute atomic E-state index is 0.0818. The molecule has 1 fully saturated rings. The van der Waals surface area contributed by atoms with Gasteiger partial charge in [-0.3, -0.25) is 9.59 Å². The Hall–Kier alpha value is -4.89. The topological polar surface area (TPSA) is 117 Å². The predicted octanol–water partition coefficient (Wildman–Crippen LogP) is 6.56. The van der Waals surface area contributed by atoms with E-state index in [9.17, 15) is 14.7 Å². The van der Waals surface area contributed by atoms with Gasteiger partial charge in [-0.15, -0.1) is 11.6 Å². The maximum absolute atomic E-state index is 11.7. The molecule has 228 valence electrons. The molecule has 8 nitrogen and oxygen atoms in total. The van der Waals surface area contributed by atoms with Crippen LogP contribution in [-0.2, 0) is 18.0 Å². The fourth-order valence-electron chi connectivity index (χ4n) is 5.09. The van der Waals surface area contributed by atoms with Crippen LogP contribution in [-0.4, -0.2) is 27.6 Å². The van der Waals surface area contributed by atoms with Crippen molar-refractivity contribution in [3.05, 3.63) is 152 Å².